The zero-order valence-corrected chi connectivity index (χ0v) is 8.91. The lowest BCUT2D eigenvalue weighted by atomic mass is 10.0. The van der Waals surface area contributed by atoms with Crippen LogP contribution >= 0.6 is 27.5 Å². The van der Waals surface area contributed by atoms with E-state index in [0.717, 1.165) is 10.0 Å². The summed E-state index contributed by atoms with van der Waals surface area (Å²) < 4.78 is 13.1. The van der Waals surface area contributed by atoms with Gasteiger partial charge in [0.2, 0.25) is 0 Å². The highest BCUT2D eigenvalue weighted by atomic mass is 79.9. The average Bonchev–Trinajstić information content (AvgIpc) is 2.08. The number of benzene rings is 1. The number of rotatable bonds is 2. The molecule has 0 bridgehead atoms. The number of hydrogen-bond acceptors (Lipinski definition) is 0. The molecular weight excluding hydrogens is 242 g/mol. The first kappa shape index (κ1) is 10.0. The molecule has 0 aliphatic carbocycles. The highest BCUT2D eigenvalue weighted by molar-refractivity contribution is 9.10. The first-order chi connectivity index (χ1) is 5.66. The summed E-state index contributed by atoms with van der Waals surface area (Å²) in [6.07, 6.45) is 0. The maximum atomic E-state index is 12.3. The minimum atomic E-state index is -0.462. The fourth-order valence-electron chi connectivity index (χ4n) is 0.905. The second-order valence-corrected chi connectivity index (χ2v) is 3.75. The molecule has 0 saturated carbocycles. The fraction of sp³-hybridized carbons (Fsp3) is 0.222. The Kier molecular flexibility index (Phi) is 3.53. The summed E-state index contributed by atoms with van der Waals surface area (Å²) >= 11 is 9.21. The van der Waals surface area contributed by atoms with Crippen LogP contribution in [-0.2, 0) is 0 Å². The summed E-state index contributed by atoms with van der Waals surface area (Å²) in [6, 6.07) is 5.48. The van der Waals surface area contributed by atoms with Gasteiger partial charge in [0.25, 0.3) is 0 Å². The summed E-state index contributed by atoms with van der Waals surface area (Å²) in [4.78, 5) is 0. The zero-order valence-electron chi connectivity index (χ0n) is 6.57. The Bertz CT molecular complexity index is 275. The van der Waals surface area contributed by atoms with E-state index in [1.807, 2.05) is 18.2 Å². The molecule has 0 heterocycles. The van der Waals surface area contributed by atoms with Crippen molar-refractivity contribution < 1.29 is 4.39 Å². The third-order valence-electron chi connectivity index (χ3n) is 1.61. The molecule has 1 radical (unpaired) electrons. The van der Waals surface area contributed by atoms with Crippen LogP contribution in [0.4, 0.5) is 4.39 Å². The van der Waals surface area contributed by atoms with Crippen LogP contribution in [0.25, 0.3) is 0 Å². The van der Waals surface area contributed by atoms with Crippen molar-refractivity contribution in [2.75, 3.05) is 6.67 Å². The van der Waals surface area contributed by atoms with E-state index in [-0.39, 0.29) is 0 Å². The van der Waals surface area contributed by atoms with Crippen LogP contribution in [0.3, 0.4) is 0 Å². The van der Waals surface area contributed by atoms with Gasteiger partial charge in [-0.05, 0) is 27.6 Å². The van der Waals surface area contributed by atoms with Crippen LogP contribution in [0.2, 0.25) is 5.02 Å². The van der Waals surface area contributed by atoms with Gasteiger partial charge in [-0.3, -0.25) is 4.39 Å². The molecule has 0 atom stereocenters. The first-order valence-electron chi connectivity index (χ1n) is 3.49. The van der Waals surface area contributed by atoms with Gasteiger partial charge >= 0.3 is 0 Å². The van der Waals surface area contributed by atoms with Crippen LogP contribution in [0.1, 0.15) is 12.5 Å². The van der Waals surface area contributed by atoms with Crippen LogP contribution in [0.15, 0.2) is 22.7 Å². The van der Waals surface area contributed by atoms with E-state index in [1.54, 1.807) is 6.92 Å². The van der Waals surface area contributed by atoms with E-state index in [9.17, 15) is 4.39 Å². The summed E-state index contributed by atoms with van der Waals surface area (Å²) in [7, 11) is 0. The predicted molar refractivity (Wildman–Crippen MR) is 53.1 cm³/mol. The molecule has 0 nitrogen and oxygen atoms in total. The van der Waals surface area contributed by atoms with E-state index in [0.29, 0.717) is 10.9 Å². The van der Waals surface area contributed by atoms with Gasteiger partial charge in [0.15, 0.2) is 0 Å². The molecule has 1 aromatic rings. The summed E-state index contributed by atoms with van der Waals surface area (Å²) in [6.45, 7) is 1.27. The van der Waals surface area contributed by atoms with Gasteiger partial charge in [-0.2, -0.15) is 0 Å². The van der Waals surface area contributed by atoms with Crippen molar-refractivity contribution in [2.24, 2.45) is 0 Å². The molecule has 12 heavy (non-hydrogen) atoms. The maximum absolute atomic E-state index is 12.3. The molecule has 0 saturated heterocycles. The Morgan fingerprint density at radius 3 is 2.83 bits per heavy atom. The van der Waals surface area contributed by atoms with E-state index in [2.05, 4.69) is 15.9 Å². The third kappa shape index (κ3) is 1.99. The van der Waals surface area contributed by atoms with Gasteiger partial charge in [-0.1, -0.05) is 30.7 Å². The molecule has 1 rings (SSSR count). The minimum absolute atomic E-state index is 0.462. The highest BCUT2D eigenvalue weighted by Gasteiger charge is 2.11. The summed E-state index contributed by atoms with van der Waals surface area (Å²) in [5.41, 5.74) is 0.772. The van der Waals surface area contributed by atoms with E-state index in [4.69, 9.17) is 11.6 Å². The molecule has 0 unspecified atom stereocenters. The van der Waals surface area contributed by atoms with Crippen LogP contribution in [-0.4, -0.2) is 6.67 Å². The lowest BCUT2D eigenvalue weighted by Gasteiger charge is -2.09. The smallest absolute Gasteiger partial charge is 0.0998 e. The van der Waals surface area contributed by atoms with Gasteiger partial charge < -0.3 is 0 Å². The average molecular weight is 251 g/mol. The Balaban J connectivity index is 3.07. The van der Waals surface area contributed by atoms with Crippen molar-refractivity contribution in [1.82, 2.24) is 0 Å². The van der Waals surface area contributed by atoms with Gasteiger partial charge in [0.05, 0.1) is 11.7 Å². The monoisotopic (exact) mass is 249 g/mol. The second-order valence-electron chi connectivity index (χ2n) is 2.52. The Morgan fingerprint density at radius 1 is 1.58 bits per heavy atom. The minimum Gasteiger partial charge on any atom is -0.250 e. The lowest BCUT2D eigenvalue weighted by molar-refractivity contribution is 0.516. The van der Waals surface area contributed by atoms with Crippen molar-refractivity contribution in [3.05, 3.63) is 39.2 Å². The second kappa shape index (κ2) is 4.24. The molecule has 0 amide bonds. The maximum Gasteiger partial charge on any atom is 0.0998 e. The number of alkyl halides is 1. The van der Waals surface area contributed by atoms with Crippen molar-refractivity contribution in [3.8, 4) is 0 Å². The zero-order chi connectivity index (χ0) is 9.14. The molecule has 0 aliphatic heterocycles. The third-order valence-corrected chi connectivity index (χ3v) is 2.91. The predicted octanol–water partition coefficient (Wildman–Crippen LogP) is 4.01. The van der Waals surface area contributed by atoms with Crippen molar-refractivity contribution in [2.45, 2.75) is 6.92 Å². The molecule has 1 aromatic carbocycles. The lowest BCUT2D eigenvalue weighted by Crippen LogP contribution is -1.97. The quantitative estimate of drug-likeness (QED) is 0.744. The molecule has 3 heteroatoms. The Morgan fingerprint density at radius 2 is 2.25 bits per heavy atom. The van der Waals surface area contributed by atoms with Gasteiger partial charge in [-0.25, -0.2) is 0 Å². The molecule has 0 spiro atoms. The largest absolute Gasteiger partial charge is 0.250 e. The van der Waals surface area contributed by atoms with E-state index < -0.39 is 6.67 Å². The number of hydrogen-bond donors (Lipinski definition) is 0. The van der Waals surface area contributed by atoms with Gasteiger partial charge in [-0.15, -0.1) is 0 Å². The number of halogens is 3. The molecule has 65 valence electrons. The van der Waals surface area contributed by atoms with Crippen molar-refractivity contribution >= 4 is 27.5 Å². The Hall–Kier alpha value is -0.0800. The van der Waals surface area contributed by atoms with Gasteiger partial charge in [0, 0.05) is 10.4 Å². The summed E-state index contributed by atoms with van der Waals surface area (Å²) in [5.74, 6) is 0.654. The first-order valence-corrected chi connectivity index (χ1v) is 4.66. The molecule has 0 aliphatic rings. The standard InChI is InChI=1S/C9H8BrClF/c1-6(5-12)7-3-2-4-8(10)9(7)11/h2-4H,5H2,1H3. The van der Waals surface area contributed by atoms with Crippen molar-refractivity contribution in [1.29, 1.82) is 0 Å². The molecule has 0 aromatic heterocycles. The Labute approximate surface area is 84.9 Å². The fourth-order valence-corrected chi connectivity index (χ4v) is 1.56. The van der Waals surface area contributed by atoms with Crippen LogP contribution in [0.5, 0.6) is 0 Å². The van der Waals surface area contributed by atoms with Crippen LogP contribution in [0, 0.1) is 5.92 Å². The molecule has 0 N–H and O–H groups in total. The van der Waals surface area contributed by atoms with Gasteiger partial charge in [0.1, 0.15) is 0 Å². The summed E-state index contributed by atoms with van der Waals surface area (Å²) in [5, 5.41) is 0.577. The van der Waals surface area contributed by atoms with E-state index in [1.165, 1.54) is 0 Å². The molecular formula is C9H8BrClF. The van der Waals surface area contributed by atoms with Crippen LogP contribution < -0.4 is 0 Å². The molecule has 0 fully saturated rings. The topological polar surface area (TPSA) is 0 Å². The van der Waals surface area contributed by atoms with E-state index >= 15 is 0 Å². The highest BCUT2D eigenvalue weighted by Crippen LogP contribution is 2.30. The van der Waals surface area contributed by atoms with Crippen molar-refractivity contribution in [3.63, 3.8) is 0 Å². The normalized spacial score (nSPS) is 10.8. The SMILES string of the molecule is C[C](CF)c1cccc(Br)c1Cl.